The highest BCUT2D eigenvalue weighted by Gasteiger charge is 2.18. The lowest BCUT2D eigenvalue weighted by molar-refractivity contribution is -0.143. The molecule has 0 bridgehead atoms. The Kier molecular flexibility index (Phi) is 70.4. The lowest BCUT2D eigenvalue weighted by Gasteiger charge is -2.20. The van der Waals surface area contributed by atoms with Crippen LogP contribution in [0.3, 0.4) is 0 Å². The van der Waals surface area contributed by atoms with Gasteiger partial charge in [0.25, 0.3) is 0 Å². The van der Waals surface area contributed by atoms with Crippen LogP contribution in [0.25, 0.3) is 0 Å². The van der Waals surface area contributed by atoms with Gasteiger partial charge in [0.2, 0.25) is 5.91 Å². The summed E-state index contributed by atoms with van der Waals surface area (Å²) in [5.41, 5.74) is 0. The zero-order valence-electron chi connectivity index (χ0n) is 55.9. The molecule has 0 rings (SSSR count). The molecule has 488 valence electrons. The molecule has 0 aliphatic rings. The monoisotopic (exact) mass is 1160 g/mol. The standard InChI is InChI=1S/C77H145NO5/c1-3-5-7-9-11-13-15-16-17-18-41-44-47-51-55-59-63-67-71-77(82)83-72-68-64-60-56-52-48-45-42-39-37-35-33-31-29-27-25-23-21-19-20-22-24-26-28-30-32-34-36-38-40-43-46-50-54-58-62-66-70-76(81)78-74(73-79)75(80)69-65-61-57-53-49-14-12-10-8-6-4-2/h17-19,21,25,27,65,69,74-75,79-80H,3-16,20,22-24,26,28-64,66-68,70-73H2,1-2H3,(H,78,81)/b18-17-,21-19-,27-25-,69-65+. The normalized spacial score (nSPS) is 12.8. The number of unbranched alkanes of at least 4 members (excludes halogenated alkanes) is 53. The number of allylic oxidation sites excluding steroid dienone is 7. The number of carbonyl (C=O) groups is 2. The number of carbonyl (C=O) groups excluding carboxylic acids is 2. The first kappa shape index (κ1) is 80.8. The lowest BCUT2D eigenvalue weighted by atomic mass is 10.0. The maximum absolute atomic E-state index is 12.4. The summed E-state index contributed by atoms with van der Waals surface area (Å²) in [6, 6.07) is -0.625. The van der Waals surface area contributed by atoms with E-state index in [0.29, 0.717) is 19.4 Å². The Hall–Kier alpha value is -2.18. The van der Waals surface area contributed by atoms with Crippen LogP contribution >= 0.6 is 0 Å². The summed E-state index contributed by atoms with van der Waals surface area (Å²) in [5.74, 6) is -0.0494. The van der Waals surface area contributed by atoms with Gasteiger partial charge in [-0.05, 0) is 89.9 Å². The predicted octanol–water partition coefficient (Wildman–Crippen LogP) is 24.4. The molecule has 0 fully saturated rings. The van der Waals surface area contributed by atoms with E-state index in [9.17, 15) is 19.8 Å². The first-order valence-corrected chi connectivity index (χ1v) is 37.4. The van der Waals surface area contributed by atoms with Crippen molar-refractivity contribution in [2.45, 2.75) is 418 Å². The van der Waals surface area contributed by atoms with Gasteiger partial charge in [0.1, 0.15) is 0 Å². The Morgan fingerprint density at radius 1 is 0.337 bits per heavy atom. The number of aliphatic hydroxyl groups is 2. The molecule has 3 N–H and O–H groups in total. The Morgan fingerprint density at radius 3 is 0.928 bits per heavy atom. The molecule has 1 amide bonds. The van der Waals surface area contributed by atoms with Crippen LogP contribution < -0.4 is 5.32 Å². The molecule has 2 atom stereocenters. The number of nitrogens with one attached hydrogen (secondary N) is 1. The maximum atomic E-state index is 12.4. The molecule has 2 unspecified atom stereocenters. The topological polar surface area (TPSA) is 95.9 Å². The van der Waals surface area contributed by atoms with Crippen LogP contribution in [0.2, 0.25) is 0 Å². The van der Waals surface area contributed by atoms with E-state index in [1.807, 2.05) is 6.08 Å². The van der Waals surface area contributed by atoms with Gasteiger partial charge in [-0.15, -0.1) is 0 Å². The molecule has 0 aliphatic heterocycles. The summed E-state index contributed by atoms with van der Waals surface area (Å²) < 4.78 is 5.51. The molecule has 0 saturated heterocycles. The molecule has 0 saturated carbocycles. The third-order valence-electron chi connectivity index (χ3n) is 17.3. The van der Waals surface area contributed by atoms with E-state index in [-0.39, 0.29) is 18.5 Å². The van der Waals surface area contributed by atoms with E-state index in [1.54, 1.807) is 6.08 Å². The number of esters is 1. The fourth-order valence-electron chi connectivity index (χ4n) is 11.6. The molecule has 0 aromatic rings. The van der Waals surface area contributed by atoms with Crippen LogP contribution in [0.4, 0.5) is 0 Å². The number of hydrogen-bond donors (Lipinski definition) is 3. The van der Waals surface area contributed by atoms with Crippen LogP contribution in [0.1, 0.15) is 406 Å². The largest absolute Gasteiger partial charge is 0.466 e. The average molecular weight is 1170 g/mol. The molecule has 6 heteroatoms. The Balaban J connectivity index is 3.35. The lowest BCUT2D eigenvalue weighted by Crippen LogP contribution is -2.45. The van der Waals surface area contributed by atoms with E-state index in [0.717, 1.165) is 51.4 Å². The van der Waals surface area contributed by atoms with E-state index < -0.39 is 12.1 Å². The molecular formula is C77H145NO5. The van der Waals surface area contributed by atoms with Gasteiger partial charge in [-0.1, -0.05) is 351 Å². The van der Waals surface area contributed by atoms with Crippen molar-refractivity contribution in [2.75, 3.05) is 13.2 Å². The van der Waals surface area contributed by atoms with Crippen molar-refractivity contribution in [1.82, 2.24) is 5.32 Å². The molecule has 6 nitrogen and oxygen atoms in total. The number of aliphatic hydroxyl groups excluding tert-OH is 2. The van der Waals surface area contributed by atoms with Gasteiger partial charge in [0.15, 0.2) is 0 Å². The molecule has 0 aromatic carbocycles. The van der Waals surface area contributed by atoms with Gasteiger partial charge < -0.3 is 20.3 Å². The van der Waals surface area contributed by atoms with Crippen LogP contribution in [-0.4, -0.2) is 47.4 Å². The van der Waals surface area contributed by atoms with Gasteiger partial charge in [-0.2, -0.15) is 0 Å². The minimum Gasteiger partial charge on any atom is -0.466 e. The van der Waals surface area contributed by atoms with Gasteiger partial charge in [0, 0.05) is 12.8 Å². The van der Waals surface area contributed by atoms with Gasteiger partial charge >= 0.3 is 5.97 Å². The summed E-state index contributed by atoms with van der Waals surface area (Å²) in [5, 5.41) is 23.1. The SMILES string of the molecule is CCCCCCCCC/C=C\CCCCCCCCCC(=O)OCCCCCCCCCCCCCCC/C=C\C/C=C\CCCCCCCCCCCCCCCCCCCC(=O)NC(CO)C(O)/C=C/CCCCCCCCCCC. The molecular weight excluding hydrogens is 1020 g/mol. The fraction of sp³-hybridized carbons (Fsp3) is 0.870. The van der Waals surface area contributed by atoms with Crippen molar-refractivity contribution in [3.63, 3.8) is 0 Å². The quantitative estimate of drug-likeness (QED) is 0.0320. The molecule has 0 heterocycles. The summed E-state index contributed by atoms with van der Waals surface area (Å²) in [4.78, 5) is 24.6. The van der Waals surface area contributed by atoms with Crippen LogP contribution in [-0.2, 0) is 14.3 Å². The fourth-order valence-corrected chi connectivity index (χ4v) is 11.6. The van der Waals surface area contributed by atoms with Crippen molar-refractivity contribution in [1.29, 1.82) is 0 Å². The number of rotatable bonds is 70. The Bertz CT molecular complexity index is 1390. The van der Waals surface area contributed by atoms with Crippen molar-refractivity contribution < 1.29 is 24.5 Å². The summed E-state index contributed by atoms with van der Waals surface area (Å²) >= 11 is 0. The smallest absolute Gasteiger partial charge is 0.305 e. The second-order valence-corrected chi connectivity index (χ2v) is 25.6. The van der Waals surface area contributed by atoms with E-state index >= 15 is 0 Å². The molecule has 0 spiro atoms. The maximum Gasteiger partial charge on any atom is 0.305 e. The first-order chi connectivity index (χ1) is 41.0. The highest BCUT2D eigenvalue weighted by atomic mass is 16.5. The van der Waals surface area contributed by atoms with Crippen LogP contribution in [0.5, 0.6) is 0 Å². The molecule has 83 heavy (non-hydrogen) atoms. The third kappa shape index (κ3) is 68.8. The van der Waals surface area contributed by atoms with Gasteiger partial charge in [0.05, 0.1) is 25.4 Å². The molecule has 0 radical (unpaired) electrons. The Labute approximate surface area is 518 Å². The van der Waals surface area contributed by atoms with Crippen molar-refractivity contribution in [2.24, 2.45) is 0 Å². The van der Waals surface area contributed by atoms with Crippen LogP contribution in [0.15, 0.2) is 48.6 Å². The average Bonchev–Trinajstić information content (AvgIpc) is 3.49. The second kappa shape index (κ2) is 72.3. The number of hydrogen-bond acceptors (Lipinski definition) is 5. The Morgan fingerprint density at radius 2 is 0.602 bits per heavy atom. The van der Waals surface area contributed by atoms with Crippen molar-refractivity contribution >= 4 is 11.9 Å². The van der Waals surface area contributed by atoms with Gasteiger partial charge in [-0.3, -0.25) is 9.59 Å². The molecule has 0 aliphatic carbocycles. The van der Waals surface area contributed by atoms with Crippen molar-refractivity contribution in [3.8, 4) is 0 Å². The minimum atomic E-state index is -0.841. The minimum absolute atomic E-state index is 0.0159. The first-order valence-electron chi connectivity index (χ1n) is 37.4. The summed E-state index contributed by atoms with van der Waals surface area (Å²) in [7, 11) is 0. The highest BCUT2D eigenvalue weighted by Crippen LogP contribution is 2.18. The molecule has 0 aromatic heterocycles. The number of ether oxygens (including phenoxy) is 1. The van der Waals surface area contributed by atoms with E-state index in [1.165, 1.54) is 327 Å². The zero-order valence-corrected chi connectivity index (χ0v) is 55.9. The summed E-state index contributed by atoms with van der Waals surface area (Å²) in [6.45, 7) is 4.91. The van der Waals surface area contributed by atoms with E-state index in [2.05, 4.69) is 55.6 Å². The van der Waals surface area contributed by atoms with Crippen LogP contribution in [0, 0.1) is 0 Å². The predicted molar refractivity (Wildman–Crippen MR) is 366 cm³/mol. The number of amides is 1. The van der Waals surface area contributed by atoms with Gasteiger partial charge in [-0.25, -0.2) is 0 Å². The second-order valence-electron chi connectivity index (χ2n) is 25.6. The summed E-state index contributed by atoms with van der Waals surface area (Å²) in [6.07, 6.45) is 95.1. The van der Waals surface area contributed by atoms with E-state index in [4.69, 9.17) is 4.74 Å². The zero-order chi connectivity index (χ0) is 59.9. The third-order valence-corrected chi connectivity index (χ3v) is 17.3. The highest BCUT2D eigenvalue weighted by molar-refractivity contribution is 5.76. The van der Waals surface area contributed by atoms with Crippen molar-refractivity contribution in [3.05, 3.63) is 48.6 Å².